The van der Waals surface area contributed by atoms with E-state index in [1.807, 2.05) is 13.0 Å². The average molecular weight is 325 g/mol. The summed E-state index contributed by atoms with van der Waals surface area (Å²) in [4.78, 5) is 24.6. The molecule has 0 spiro atoms. The lowest BCUT2D eigenvalue weighted by molar-refractivity contribution is -0.138. The lowest BCUT2D eigenvalue weighted by Crippen LogP contribution is -2.45. The third-order valence-electron chi connectivity index (χ3n) is 3.57. The Bertz CT molecular complexity index is 554. The predicted octanol–water partition coefficient (Wildman–Crippen LogP) is 3.78. The Labute approximate surface area is 137 Å². The molecule has 0 heterocycles. The molecule has 1 aromatic carbocycles. The number of nitrogens with one attached hydrogen (secondary N) is 2. The summed E-state index contributed by atoms with van der Waals surface area (Å²) in [6.07, 6.45) is 0.886. The fourth-order valence-corrected chi connectivity index (χ4v) is 1.94. The average Bonchev–Trinajstić information content (AvgIpc) is 2.42. The maximum absolute atomic E-state index is 12.4. The van der Waals surface area contributed by atoms with Gasteiger partial charge in [-0.3, -0.25) is 9.59 Å². The van der Waals surface area contributed by atoms with Gasteiger partial charge in [-0.2, -0.15) is 0 Å². The van der Waals surface area contributed by atoms with Crippen LogP contribution in [0, 0.1) is 18.3 Å². The van der Waals surface area contributed by atoms with E-state index in [9.17, 15) is 9.59 Å². The molecule has 0 fully saturated rings. The van der Waals surface area contributed by atoms with E-state index >= 15 is 0 Å². The quantitative estimate of drug-likeness (QED) is 0.782. The SMILES string of the molecule is Cc1ccc(NC(=O)C(C)(C)C(=O)NCCC(C)C)cc1Cl. The first-order chi connectivity index (χ1) is 10.1. The maximum Gasteiger partial charge on any atom is 0.239 e. The molecule has 0 bridgehead atoms. The van der Waals surface area contributed by atoms with Crippen molar-refractivity contribution in [2.45, 2.75) is 41.0 Å². The number of amides is 2. The minimum Gasteiger partial charge on any atom is -0.355 e. The van der Waals surface area contributed by atoms with Crippen molar-refractivity contribution in [2.75, 3.05) is 11.9 Å². The summed E-state index contributed by atoms with van der Waals surface area (Å²) in [5.74, 6) is -0.120. The predicted molar refractivity (Wildman–Crippen MR) is 91.1 cm³/mol. The molecule has 0 aliphatic rings. The van der Waals surface area contributed by atoms with Crippen LogP contribution in [0.4, 0.5) is 5.69 Å². The Morgan fingerprint density at radius 2 is 1.86 bits per heavy atom. The minimum absolute atomic E-state index is 0.274. The molecule has 22 heavy (non-hydrogen) atoms. The van der Waals surface area contributed by atoms with Crippen LogP contribution in [-0.4, -0.2) is 18.4 Å². The Kier molecular flexibility index (Phi) is 6.42. The summed E-state index contributed by atoms with van der Waals surface area (Å²) >= 11 is 6.04. The van der Waals surface area contributed by atoms with Crippen molar-refractivity contribution in [1.82, 2.24) is 5.32 Å². The topological polar surface area (TPSA) is 58.2 Å². The van der Waals surface area contributed by atoms with Gasteiger partial charge in [0.15, 0.2) is 0 Å². The van der Waals surface area contributed by atoms with Crippen molar-refractivity contribution in [3.8, 4) is 0 Å². The van der Waals surface area contributed by atoms with Gasteiger partial charge in [-0.05, 0) is 50.8 Å². The van der Waals surface area contributed by atoms with Gasteiger partial charge in [0.1, 0.15) is 5.41 Å². The fraction of sp³-hybridized carbons (Fsp3) is 0.529. The second-order valence-electron chi connectivity index (χ2n) is 6.48. The number of aryl methyl sites for hydroxylation is 1. The van der Waals surface area contributed by atoms with E-state index in [4.69, 9.17) is 11.6 Å². The molecule has 0 radical (unpaired) electrons. The molecule has 0 saturated carbocycles. The highest BCUT2D eigenvalue weighted by Crippen LogP contribution is 2.23. The largest absolute Gasteiger partial charge is 0.355 e. The van der Waals surface area contributed by atoms with Crippen LogP contribution < -0.4 is 10.6 Å². The van der Waals surface area contributed by atoms with Gasteiger partial charge in [0.25, 0.3) is 0 Å². The first kappa shape index (κ1) is 18.5. The Hall–Kier alpha value is -1.55. The molecule has 122 valence electrons. The van der Waals surface area contributed by atoms with Crippen LogP contribution in [0.25, 0.3) is 0 Å². The van der Waals surface area contributed by atoms with Crippen LogP contribution in [0.5, 0.6) is 0 Å². The van der Waals surface area contributed by atoms with Crippen LogP contribution in [0.3, 0.4) is 0 Å². The van der Waals surface area contributed by atoms with Gasteiger partial charge in [-0.25, -0.2) is 0 Å². The van der Waals surface area contributed by atoms with Gasteiger partial charge in [0, 0.05) is 17.3 Å². The first-order valence-electron chi connectivity index (χ1n) is 7.50. The molecule has 5 heteroatoms. The number of benzene rings is 1. The van der Waals surface area contributed by atoms with Crippen LogP contribution in [0.2, 0.25) is 5.02 Å². The van der Waals surface area contributed by atoms with Gasteiger partial charge in [0.2, 0.25) is 11.8 Å². The lowest BCUT2D eigenvalue weighted by atomic mass is 9.90. The molecule has 0 unspecified atom stereocenters. The maximum atomic E-state index is 12.4. The van der Waals surface area contributed by atoms with Crippen molar-refractivity contribution < 1.29 is 9.59 Å². The zero-order valence-electron chi connectivity index (χ0n) is 13.9. The molecule has 1 aromatic rings. The summed E-state index contributed by atoms with van der Waals surface area (Å²) < 4.78 is 0. The van der Waals surface area contributed by atoms with Crippen LogP contribution in [-0.2, 0) is 9.59 Å². The molecule has 0 aliphatic carbocycles. The number of carbonyl (C=O) groups is 2. The van der Waals surface area contributed by atoms with Gasteiger partial charge in [-0.1, -0.05) is 31.5 Å². The van der Waals surface area contributed by atoms with E-state index < -0.39 is 5.41 Å². The molecule has 2 N–H and O–H groups in total. The van der Waals surface area contributed by atoms with Crippen molar-refractivity contribution >= 4 is 29.1 Å². The summed E-state index contributed by atoms with van der Waals surface area (Å²) in [7, 11) is 0. The molecule has 4 nitrogen and oxygen atoms in total. The zero-order valence-corrected chi connectivity index (χ0v) is 14.7. The molecule has 2 amide bonds. The molecule has 0 aromatic heterocycles. The second-order valence-corrected chi connectivity index (χ2v) is 6.89. The Balaban J connectivity index is 2.68. The molecular formula is C17H25ClN2O2. The Morgan fingerprint density at radius 1 is 1.23 bits per heavy atom. The van der Waals surface area contributed by atoms with Crippen LogP contribution in [0.15, 0.2) is 18.2 Å². The normalized spacial score (nSPS) is 11.4. The number of halogens is 1. The number of hydrogen-bond donors (Lipinski definition) is 2. The van der Waals surface area contributed by atoms with Crippen molar-refractivity contribution in [3.05, 3.63) is 28.8 Å². The highest BCUT2D eigenvalue weighted by molar-refractivity contribution is 6.31. The van der Waals surface area contributed by atoms with E-state index in [0.29, 0.717) is 23.2 Å². The third-order valence-corrected chi connectivity index (χ3v) is 3.98. The van der Waals surface area contributed by atoms with E-state index in [0.717, 1.165) is 12.0 Å². The lowest BCUT2D eigenvalue weighted by Gasteiger charge is -2.23. The van der Waals surface area contributed by atoms with E-state index in [1.165, 1.54) is 0 Å². The summed E-state index contributed by atoms with van der Waals surface area (Å²) in [5.41, 5.74) is 0.378. The van der Waals surface area contributed by atoms with Gasteiger partial charge >= 0.3 is 0 Å². The number of rotatable bonds is 6. The zero-order chi connectivity index (χ0) is 16.9. The summed E-state index contributed by atoms with van der Waals surface area (Å²) in [6, 6.07) is 5.28. The monoisotopic (exact) mass is 324 g/mol. The van der Waals surface area contributed by atoms with Crippen LogP contribution >= 0.6 is 11.6 Å². The highest BCUT2D eigenvalue weighted by atomic mass is 35.5. The van der Waals surface area contributed by atoms with Crippen molar-refractivity contribution in [3.63, 3.8) is 0 Å². The van der Waals surface area contributed by atoms with E-state index in [1.54, 1.807) is 26.0 Å². The summed E-state index contributed by atoms with van der Waals surface area (Å²) in [5, 5.41) is 6.14. The third kappa shape index (κ3) is 5.02. The van der Waals surface area contributed by atoms with E-state index in [2.05, 4.69) is 24.5 Å². The first-order valence-corrected chi connectivity index (χ1v) is 7.88. The highest BCUT2D eigenvalue weighted by Gasteiger charge is 2.35. The number of anilines is 1. The summed E-state index contributed by atoms with van der Waals surface area (Å²) in [6.45, 7) is 9.87. The molecule has 1 rings (SSSR count). The smallest absolute Gasteiger partial charge is 0.239 e. The number of hydrogen-bond acceptors (Lipinski definition) is 2. The van der Waals surface area contributed by atoms with Crippen molar-refractivity contribution in [2.24, 2.45) is 11.3 Å². The van der Waals surface area contributed by atoms with Gasteiger partial charge in [0.05, 0.1) is 0 Å². The van der Waals surface area contributed by atoms with Gasteiger partial charge in [-0.15, -0.1) is 0 Å². The fourth-order valence-electron chi connectivity index (χ4n) is 1.76. The molecule has 0 aliphatic heterocycles. The van der Waals surface area contributed by atoms with Crippen molar-refractivity contribution in [1.29, 1.82) is 0 Å². The standard InChI is InChI=1S/C17H25ClN2O2/c1-11(2)8-9-19-15(21)17(4,5)16(22)20-13-7-6-12(3)14(18)10-13/h6-7,10-11H,8-9H2,1-5H3,(H,19,21)(H,20,22). The molecular weight excluding hydrogens is 300 g/mol. The number of carbonyl (C=O) groups excluding carboxylic acids is 2. The second kappa shape index (κ2) is 7.63. The minimum atomic E-state index is -1.14. The Morgan fingerprint density at radius 3 is 2.41 bits per heavy atom. The van der Waals surface area contributed by atoms with Crippen LogP contribution in [0.1, 0.15) is 39.7 Å². The van der Waals surface area contributed by atoms with Gasteiger partial charge < -0.3 is 10.6 Å². The molecule has 0 saturated heterocycles. The van der Waals surface area contributed by atoms with E-state index in [-0.39, 0.29) is 11.8 Å². The molecule has 0 atom stereocenters.